The van der Waals surface area contributed by atoms with Crippen molar-refractivity contribution in [1.29, 1.82) is 0 Å². The molecule has 0 bridgehead atoms. The first-order chi connectivity index (χ1) is 5.97. The van der Waals surface area contributed by atoms with Crippen molar-refractivity contribution >= 4 is 15.9 Å². The maximum absolute atomic E-state index is 11.2. The highest BCUT2D eigenvalue weighted by molar-refractivity contribution is 7.89. The summed E-state index contributed by atoms with van der Waals surface area (Å²) in [4.78, 5) is 13.0. The van der Waals surface area contributed by atoms with Gasteiger partial charge in [0.15, 0.2) is 0 Å². The summed E-state index contributed by atoms with van der Waals surface area (Å²) < 4.78 is 24.4. The lowest BCUT2D eigenvalue weighted by Gasteiger charge is -1.95. The molecule has 0 aliphatic heterocycles. The number of aromatic nitrogens is 1. The Bertz CT molecular complexity index is 420. The zero-order valence-corrected chi connectivity index (χ0v) is 7.68. The van der Waals surface area contributed by atoms with E-state index in [2.05, 4.69) is 9.71 Å². The summed E-state index contributed by atoms with van der Waals surface area (Å²) in [5.41, 5.74) is 4.99. The molecule has 7 heteroatoms. The summed E-state index contributed by atoms with van der Waals surface area (Å²) in [5, 5.41) is 0. The van der Waals surface area contributed by atoms with Gasteiger partial charge < -0.3 is 10.7 Å². The van der Waals surface area contributed by atoms with Gasteiger partial charge in [-0.1, -0.05) is 0 Å². The van der Waals surface area contributed by atoms with Crippen LogP contribution in [-0.4, -0.2) is 26.4 Å². The number of sulfonamides is 1. The van der Waals surface area contributed by atoms with Gasteiger partial charge in [0.05, 0.1) is 0 Å². The van der Waals surface area contributed by atoms with Crippen molar-refractivity contribution in [2.75, 3.05) is 7.05 Å². The van der Waals surface area contributed by atoms with Gasteiger partial charge in [-0.15, -0.1) is 0 Å². The molecule has 0 fully saturated rings. The molecule has 0 aliphatic rings. The topological polar surface area (TPSA) is 105 Å². The molecule has 0 atom stereocenters. The number of carbonyl (C=O) groups is 1. The minimum Gasteiger partial charge on any atom is -0.364 e. The van der Waals surface area contributed by atoms with Gasteiger partial charge in [0.2, 0.25) is 10.0 Å². The number of primary amides is 1. The zero-order valence-electron chi connectivity index (χ0n) is 6.87. The van der Waals surface area contributed by atoms with Crippen LogP contribution < -0.4 is 10.5 Å². The quantitative estimate of drug-likeness (QED) is 0.588. The summed E-state index contributed by atoms with van der Waals surface area (Å²) in [6.07, 6.45) is 1.20. The average molecular weight is 203 g/mol. The zero-order chi connectivity index (χ0) is 10.1. The molecular formula is C6H9N3O3S. The van der Waals surface area contributed by atoms with Crippen molar-refractivity contribution < 1.29 is 13.2 Å². The van der Waals surface area contributed by atoms with Crippen molar-refractivity contribution in [3.8, 4) is 0 Å². The highest BCUT2D eigenvalue weighted by Crippen LogP contribution is 2.09. The van der Waals surface area contributed by atoms with Crippen molar-refractivity contribution in [2.45, 2.75) is 4.90 Å². The van der Waals surface area contributed by atoms with E-state index >= 15 is 0 Å². The van der Waals surface area contributed by atoms with Gasteiger partial charge in [-0.3, -0.25) is 4.79 Å². The minimum absolute atomic E-state index is 0.0104. The molecule has 0 saturated heterocycles. The van der Waals surface area contributed by atoms with E-state index in [1.807, 2.05) is 0 Å². The predicted molar refractivity (Wildman–Crippen MR) is 45.6 cm³/mol. The molecule has 0 unspecified atom stereocenters. The molecule has 1 aromatic heterocycles. The number of aromatic amines is 1. The van der Waals surface area contributed by atoms with E-state index in [0.717, 1.165) is 0 Å². The molecular weight excluding hydrogens is 194 g/mol. The fraction of sp³-hybridized carbons (Fsp3) is 0.167. The summed E-state index contributed by atoms with van der Waals surface area (Å²) >= 11 is 0. The van der Waals surface area contributed by atoms with E-state index < -0.39 is 15.9 Å². The van der Waals surface area contributed by atoms with Gasteiger partial charge in [-0.05, 0) is 13.1 Å². The third-order valence-electron chi connectivity index (χ3n) is 1.50. The van der Waals surface area contributed by atoms with E-state index in [1.165, 1.54) is 19.3 Å². The highest BCUT2D eigenvalue weighted by atomic mass is 32.2. The van der Waals surface area contributed by atoms with Crippen LogP contribution in [-0.2, 0) is 10.0 Å². The van der Waals surface area contributed by atoms with Crippen molar-refractivity contribution in [1.82, 2.24) is 9.71 Å². The number of H-pyrrole nitrogens is 1. The van der Waals surface area contributed by atoms with E-state index in [0.29, 0.717) is 0 Å². The number of amides is 1. The van der Waals surface area contributed by atoms with E-state index in [9.17, 15) is 13.2 Å². The van der Waals surface area contributed by atoms with E-state index in [1.54, 1.807) is 0 Å². The fourth-order valence-corrected chi connectivity index (χ4v) is 1.51. The lowest BCUT2D eigenvalue weighted by molar-refractivity contribution is 0.0996. The number of nitrogens with one attached hydrogen (secondary N) is 2. The molecule has 72 valence electrons. The average Bonchev–Trinajstić information content (AvgIpc) is 2.52. The molecule has 0 radical (unpaired) electrons. The summed E-state index contributed by atoms with van der Waals surface area (Å²) in [5.74, 6) is -0.697. The van der Waals surface area contributed by atoms with Crippen molar-refractivity contribution in [3.05, 3.63) is 18.0 Å². The minimum atomic E-state index is -3.50. The monoisotopic (exact) mass is 203 g/mol. The van der Waals surface area contributed by atoms with Crippen molar-refractivity contribution in [2.24, 2.45) is 5.73 Å². The molecule has 1 rings (SSSR count). The fourth-order valence-electron chi connectivity index (χ4n) is 0.790. The van der Waals surface area contributed by atoms with E-state index in [4.69, 9.17) is 5.73 Å². The van der Waals surface area contributed by atoms with Crippen LogP contribution in [0.5, 0.6) is 0 Å². The molecule has 13 heavy (non-hydrogen) atoms. The molecule has 0 saturated carbocycles. The molecule has 0 spiro atoms. The molecule has 1 amide bonds. The van der Waals surface area contributed by atoms with Gasteiger partial charge in [0.1, 0.15) is 10.6 Å². The lowest BCUT2D eigenvalue weighted by atomic mass is 10.4. The second-order valence-electron chi connectivity index (χ2n) is 2.32. The van der Waals surface area contributed by atoms with Crippen LogP contribution in [0.15, 0.2) is 17.2 Å². The second kappa shape index (κ2) is 3.19. The Kier molecular flexibility index (Phi) is 2.39. The van der Waals surface area contributed by atoms with Crippen LogP contribution in [0.4, 0.5) is 0 Å². The summed E-state index contributed by atoms with van der Waals surface area (Å²) in [7, 11) is -2.22. The Hall–Kier alpha value is -1.34. The molecule has 0 aromatic carbocycles. The smallest absolute Gasteiger partial charge is 0.265 e. The SMILES string of the molecule is CNS(=O)(=O)c1c[nH]c(C(N)=O)c1. The number of hydrogen-bond donors (Lipinski definition) is 3. The van der Waals surface area contributed by atoms with Crippen LogP contribution in [0, 0.1) is 0 Å². The first kappa shape index (κ1) is 9.75. The van der Waals surface area contributed by atoms with Gasteiger partial charge in [0, 0.05) is 6.20 Å². The van der Waals surface area contributed by atoms with Crippen LogP contribution in [0.1, 0.15) is 10.5 Å². The van der Waals surface area contributed by atoms with Crippen LogP contribution in [0.2, 0.25) is 0 Å². The maximum atomic E-state index is 11.2. The Morgan fingerprint density at radius 1 is 1.62 bits per heavy atom. The normalized spacial score (nSPS) is 11.5. The molecule has 1 heterocycles. The first-order valence-electron chi connectivity index (χ1n) is 3.39. The van der Waals surface area contributed by atoms with Gasteiger partial charge in [-0.2, -0.15) is 0 Å². The second-order valence-corrected chi connectivity index (χ2v) is 4.21. The van der Waals surface area contributed by atoms with E-state index in [-0.39, 0.29) is 10.6 Å². The third-order valence-corrected chi connectivity index (χ3v) is 2.89. The maximum Gasteiger partial charge on any atom is 0.265 e. The lowest BCUT2D eigenvalue weighted by Crippen LogP contribution is -2.18. The van der Waals surface area contributed by atoms with Crippen LogP contribution >= 0.6 is 0 Å². The molecule has 6 nitrogen and oxygen atoms in total. The summed E-state index contributed by atoms with van der Waals surface area (Å²) in [6, 6.07) is 1.17. The number of rotatable bonds is 3. The standard InChI is InChI=1S/C6H9N3O3S/c1-8-13(11,12)4-2-5(6(7)10)9-3-4/h2-3,8-9H,1H3,(H2,7,10). The molecule has 1 aromatic rings. The highest BCUT2D eigenvalue weighted by Gasteiger charge is 2.14. The predicted octanol–water partition coefficient (Wildman–Crippen LogP) is -0.978. The first-order valence-corrected chi connectivity index (χ1v) is 4.87. The Balaban J connectivity index is 3.13. The molecule has 4 N–H and O–H groups in total. The molecule has 0 aliphatic carbocycles. The van der Waals surface area contributed by atoms with Gasteiger partial charge in [0.25, 0.3) is 5.91 Å². The number of carbonyl (C=O) groups excluding carboxylic acids is 1. The largest absolute Gasteiger partial charge is 0.364 e. The Labute approximate surface area is 75.2 Å². The number of nitrogens with two attached hydrogens (primary N) is 1. The third kappa shape index (κ3) is 1.87. The number of hydrogen-bond acceptors (Lipinski definition) is 3. The van der Waals surface area contributed by atoms with Gasteiger partial charge in [-0.25, -0.2) is 13.1 Å². The Morgan fingerprint density at radius 2 is 2.23 bits per heavy atom. The Morgan fingerprint density at radius 3 is 2.62 bits per heavy atom. The van der Waals surface area contributed by atoms with Crippen LogP contribution in [0.25, 0.3) is 0 Å². The summed E-state index contributed by atoms with van der Waals surface area (Å²) in [6.45, 7) is 0. The van der Waals surface area contributed by atoms with Gasteiger partial charge >= 0.3 is 0 Å². The van der Waals surface area contributed by atoms with Crippen LogP contribution in [0.3, 0.4) is 0 Å². The van der Waals surface area contributed by atoms with Crippen molar-refractivity contribution in [3.63, 3.8) is 0 Å².